The molecule has 0 saturated carbocycles. The fourth-order valence-corrected chi connectivity index (χ4v) is 4.39. The summed E-state index contributed by atoms with van der Waals surface area (Å²) >= 11 is 0. The Bertz CT molecular complexity index is 480. The Hall–Kier alpha value is -1.09. The van der Waals surface area contributed by atoms with Crippen LogP contribution in [0, 0.1) is 11.8 Å². The lowest BCUT2D eigenvalue weighted by molar-refractivity contribution is 0.133. The number of anilines is 1. The van der Waals surface area contributed by atoms with Crippen molar-refractivity contribution in [3.05, 3.63) is 23.9 Å². The van der Waals surface area contributed by atoms with Gasteiger partial charge in [0, 0.05) is 25.3 Å². The van der Waals surface area contributed by atoms with Crippen molar-refractivity contribution in [3.8, 4) is 0 Å². The fourth-order valence-electron chi connectivity index (χ4n) is 4.39. The first-order chi connectivity index (χ1) is 11.7. The fraction of sp³-hybridized carbons (Fsp3) is 0.762. The van der Waals surface area contributed by atoms with E-state index in [2.05, 4.69) is 47.7 Å². The van der Waals surface area contributed by atoms with Gasteiger partial charge in [-0.25, -0.2) is 4.98 Å². The molecule has 0 radical (unpaired) electrons. The Balaban J connectivity index is 1.42. The molecule has 3 rings (SSSR count). The van der Waals surface area contributed by atoms with Crippen LogP contribution in [0.25, 0.3) is 0 Å². The molecule has 0 aromatic carbocycles. The third-order valence-electron chi connectivity index (χ3n) is 6.20. The van der Waals surface area contributed by atoms with Gasteiger partial charge in [-0.1, -0.05) is 13.0 Å². The van der Waals surface area contributed by atoms with E-state index in [9.17, 15) is 0 Å². The number of aryl methyl sites for hydroxylation is 1. The normalized spacial score (nSPS) is 21.6. The molecule has 2 fully saturated rings. The van der Waals surface area contributed by atoms with Crippen LogP contribution in [0.2, 0.25) is 0 Å². The summed E-state index contributed by atoms with van der Waals surface area (Å²) in [7, 11) is 0. The minimum absolute atomic E-state index is 0.723. The zero-order valence-corrected chi connectivity index (χ0v) is 15.9. The summed E-state index contributed by atoms with van der Waals surface area (Å²) < 4.78 is 0. The average molecular weight is 330 g/mol. The second-order valence-corrected chi connectivity index (χ2v) is 8.12. The number of nitrogens with zero attached hydrogens (tertiary/aromatic N) is 3. The second kappa shape index (κ2) is 8.33. The van der Waals surface area contributed by atoms with Gasteiger partial charge in [-0.05, 0) is 88.9 Å². The lowest BCUT2D eigenvalue weighted by Crippen LogP contribution is -2.40. The van der Waals surface area contributed by atoms with Crippen LogP contribution in [0.5, 0.6) is 0 Å². The lowest BCUT2D eigenvalue weighted by Gasteiger charge is -2.38. The van der Waals surface area contributed by atoms with Gasteiger partial charge in [0.1, 0.15) is 5.82 Å². The van der Waals surface area contributed by atoms with Crippen molar-refractivity contribution in [3.63, 3.8) is 0 Å². The standard InChI is InChI=1S/C21H35N3/c1-4-18-5-6-21(22-16-18)24-13-9-20(10-14-24)15-19-7-11-23(12-8-19)17(2)3/h5-6,16-17,19-20H,4,7-15H2,1-3H3. The van der Waals surface area contributed by atoms with E-state index >= 15 is 0 Å². The minimum atomic E-state index is 0.723. The summed E-state index contributed by atoms with van der Waals surface area (Å²) in [6.45, 7) is 11.9. The predicted octanol–water partition coefficient (Wildman–Crippen LogP) is 4.37. The quantitative estimate of drug-likeness (QED) is 0.799. The lowest BCUT2D eigenvalue weighted by atomic mass is 9.82. The van der Waals surface area contributed by atoms with E-state index in [0.717, 1.165) is 24.3 Å². The van der Waals surface area contributed by atoms with Crippen molar-refractivity contribution in [1.82, 2.24) is 9.88 Å². The number of pyridine rings is 1. The van der Waals surface area contributed by atoms with E-state index in [1.54, 1.807) is 0 Å². The van der Waals surface area contributed by atoms with Gasteiger partial charge in [0.2, 0.25) is 0 Å². The molecule has 2 saturated heterocycles. The van der Waals surface area contributed by atoms with Crippen molar-refractivity contribution in [2.75, 3.05) is 31.1 Å². The van der Waals surface area contributed by atoms with Gasteiger partial charge in [0.05, 0.1) is 0 Å². The van der Waals surface area contributed by atoms with Crippen LogP contribution in [-0.4, -0.2) is 42.1 Å². The zero-order valence-electron chi connectivity index (χ0n) is 15.9. The first-order valence-electron chi connectivity index (χ1n) is 10.1. The van der Waals surface area contributed by atoms with Crippen molar-refractivity contribution in [1.29, 1.82) is 0 Å². The highest BCUT2D eigenvalue weighted by Crippen LogP contribution is 2.31. The van der Waals surface area contributed by atoms with Crippen molar-refractivity contribution in [2.24, 2.45) is 11.8 Å². The van der Waals surface area contributed by atoms with Gasteiger partial charge in [0.25, 0.3) is 0 Å². The Morgan fingerprint density at radius 3 is 2.12 bits per heavy atom. The maximum absolute atomic E-state index is 4.66. The number of hydrogen-bond acceptors (Lipinski definition) is 3. The van der Waals surface area contributed by atoms with Gasteiger partial charge in [-0.15, -0.1) is 0 Å². The Kier molecular flexibility index (Phi) is 6.15. The molecule has 0 bridgehead atoms. The molecule has 134 valence electrons. The van der Waals surface area contributed by atoms with Crippen LogP contribution < -0.4 is 4.90 Å². The van der Waals surface area contributed by atoms with Crippen LogP contribution in [0.4, 0.5) is 5.82 Å². The van der Waals surface area contributed by atoms with E-state index in [0.29, 0.717) is 0 Å². The number of rotatable bonds is 5. The highest BCUT2D eigenvalue weighted by atomic mass is 15.2. The molecule has 0 amide bonds. The number of hydrogen-bond donors (Lipinski definition) is 0. The molecule has 24 heavy (non-hydrogen) atoms. The topological polar surface area (TPSA) is 19.4 Å². The average Bonchev–Trinajstić information content (AvgIpc) is 2.63. The van der Waals surface area contributed by atoms with Gasteiger partial charge in [-0.3, -0.25) is 0 Å². The SMILES string of the molecule is CCc1ccc(N2CCC(CC3CCN(C(C)C)CC3)CC2)nc1. The number of piperidine rings is 2. The Morgan fingerprint density at radius 1 is 1.00 bits per heavy atom. The summed E-state index contributed by atoms with van der Waals surface area (Å²) in [6, 6.07) is 5.17. The van der Waals surface area contributed by atoms with E-state index in [1.165, 1.54) is 69.7 Å². The van der Waals surface area contributed by atoms with E-state index in [-0.39, 0.29) is 0 Å². The van der Waals surface area contributed by atoms with Gasteiger partial charge < -0.3 is 9.80 Å². The summed E-state index contributed by atoms with van der Waals surface area (Å²) in [5, 5.41) is 0. The molecule has 0 N–H and O–H groups in total. The molecule has 1 aromatic rings. The van der Waals surface area contributed by atoms with Gasteiger partial charge in [0.15, 0.2) is 0 Å². The largest absolute Gasteiger partial charge is 0.357 e. The van der Waals surface area contributed by atoms with Gasteiger partial charge >= 0.3 is 0 Å². The molecule has 1 aromatic heterocycles. The van der Waals surface area contributed by atoms with Gasteiger partial charge in [-0.2, -0.15) is 0 Å². The van der Waals surface area contributed by atoms with Crippen molar-refractivity contribution >= 4 is 5.82 Å². The predicted molar refractivity (Wildman–Crippen MR) is 103 cm³/mol. The minimum Gasteiger partial charge on any atom is -0.357 e. The molecule has 0 spiro atoms. The van der Waals surface area contributed by atoms with Crippen LogP contribution in [0.1, 0.15) is 58.4 Å². The summed E-state index contributed by atoms with van der Waals surface area (Å²) in [6.07, 6.45) is 10.1. The molecular weight excluding hydrogens is 294 g/mol. The summed E-state index contributed by atoms with van der Waals surface area (Å²) in [5.41, 5.74) is 1.33. The van der Waals surface area contributed by atoms with E-state index < -0.39 is 0 Å². The molecular formula is C21H35N3. The van der Waals surface area contributed by atoms with E-state index in [4.69, 9.17) is 0 Å². The third kappa shape index (κ3) is 4.50. The summed E-state index contributed by atoms with van der Waals surface area (Å²) in [5.74, 6) is 3.08. The highest BCUT2D eigenvalue weighted by Gasteiger charge is 2.26. The summed E-state index contributed by atoms with van der Waals surface area (Å²) in [4.78, 5) is 9.79. The van der Waals surface area contributed by atoms with E-state index in [1.807, 2.05) is 6.20 Å². The monoisotopic (exact) mass is 329 g/mol. The van der Waals surface area contributed by atoms with Crippen molar-refractivity contribution in [2.45, 2.75) is 65.3 Å². The molecule has 0 atom stereocenters. The zero-order chi connectivity index (χ0) is 16.9. The van der Waals surface area contributed by atoms with Crippen LogP contribution in [0.3, 0.4) is 0 Å². The highest BCUT2D eigenvalue weighted by molar-refractivity contribution is 5.39. The maximum Gasteiger partial charge on any atom is 0.128 e. The first-order valence-corrected chi connectivity index (χ1v) is 10.1. The molecule has 2 aliphatic heterocycles. The van der Waals surface area contributed by atoms with Crippen molar-refractivity contribution < 1.29 is 0 Å². The Morgan fingerprint density at radius 2 is 1.62 bits per heavy atom. The molecule has 3 nitrogen and oxygen atoms in total. The molecule has 2 aliphatic rings. The molecule has 0 aliphatic carbocycles. The third-order valence-corrected chi connectivity index (χ3v) is 6.20. The number of likely N-dealkylation sites (tertiary alicyclic amines) is 1. The smallest absolute Gasteiger partial charge is 0.128 e. The number of aromatic nitrogens is 1. The van der Waals surface area contributed by atoms with Crippen LogP contribution in [0.15, 0.2) is 18.3 Å². The second-order valence-electron chi connectivity index (χ2n) is 8.12. The first kappa shape index (κ1) is 17.7. The Labute approximate surface area is 148 Å². The maximum atomic E-state index is 4.66. The molecule has 0 unspecified atom stereocenters. The molecule has 3 heteroatoms. The van der Waals surface area contributed by atoms with Crippen LogP contribution >= 0.6 is 0 Å². The van der Waals surface area contributed by atoms with Crippen LogP contribution in [-0.2, 0) is 6.42 Å². The molecule has 3 heterocycles.